The molecule has 0 aliphatic rings. The van der Waals surface area contributed by atoms with Crippen molar-refractivity contribution in [1.29, 1.82) is 0 Å². The minimum Gasteiger partial charge on any atom is -0.309 e. The molecule has 0 bridgehead atoms. The molecule has 0 saturated carbocycles. The second-order valence-electron chi connectivity index (χ2n) is 5.81. The molecule has 1 aromatic carbocycles. The largest absolute Gasteiger partial charge is 0.309 e. The van der Waals surface area contributed by atoms with E-state index in [1.165, 1.54) is 24.7 Å². The van der Waals surface area contributed by atoms with Crippen LogP contribution < -0.4 is 5.32 Å². The number of aryl methyl sites for hydroxylation is 1. The Morgan fingerprint density at radius 2 is 1.71 bits per heavy atom. The third-order valence-electron chi connectivity index (χ3n) is 3.92. The Labute approximate surface area is 130 Å². The van der Waals surface area contributed by atoms with E-state index in [2.05, 4.69) is 43.4 Å². The van der Waals surface area contributed by atoms with Crippen LogP contribution in [-0.4, -0.2) is 26.5 Å². The van der Waals surface area contributed by atoms with Crippen molar-refractivity contribution in [2.45, 2.75) is 57.7 Å². The van der Waals surface area contributed by atoms with Crippen LogP contribution >= 0.6 is 0 Å². The van der Waals surface area contributed by atoms with Crippen LogP contribution in [0.2, 0.25) is 0 Å². The predicted molar refractivity (Wildman–Crippen MR) is 90.4 cm³/mol. The average Bonchev–Trinajstić information content (AvgIpc) is 2.45. The van der Waals surface area contributed by atoms with Crippen molar-refractivity contribution >= 4 is 9.84 Å². The van der Waals surface area contributed by atoms with Crippen LogP contribution in [0.5, 0.6) is 0 Å². The highest BCUT2D eigenvalue weighted by atomic mass is 32.2. The number of hydrogen-bond acceptors (Lipinski definition) is 3. The molecule has 0 spiro atoms. The van der Waals surface area contributed by atoms with Crippen molar-refractivity contribution in [3.05, 3.63) is 35.4 Å². The summed E-state index contributed by atoms with van der Waals surface area (Å²) >= 11 is 0. The average molecular weight is 311 g/mol. The van der Waals surface area contributed by atoms with Gasteiger partial charge >= 0.3 is 0 Å². The lowest BCUT2D eigenvalue weighted by Gasteiger charge is -2.24. The van der Waals surface area contributed by atoms with Gasteiger partial charge in [-0.3, -0.25) is 0 Å². The molecule has 0 heterocycles. The van der Waals surface area contributed by atoms with Crippen molar-refractivity contribution in [2.24, 2.45) is 0 Å². The second-order valence-corrected chi connectivity index (χ2v) is 8.21. The Kier molecular flexibility index (Phi) is 7.40. The van der Waals surface area contributed by atoms with Gasteiger partial charge in [0.1, 0.15) is 0 Å². The summed E-state index contributed by atoms with van der Waals surface area (Å²) in [7, 11) is -3.07. The maximum absolute atomic E-state index is 11.9. The summed E-state index contributed by atoms with van der Waals surface area (Å²) in [6, 6.07) is 8.25. The molecule has 21 heavy (non-hydrogen) atoms. The van der Waals surface area contributed by atoms with Gasteiger partial charge in [0.15, 0.2) is 9.84 Å². The summed E-state index contributed by atoms with van der Waals surface area (Å²) in [4.78, 5) is 0. The van der Waals surface area contributed by atoms with E-state index < -0.39 is 15.1 Å². The summed E-state index contributed by atoms with van der Waals surface area (Å²) in [6.45, 7) is 6.88. The normalized spacial score (nSPS) is 14.9. The molecule has 0 fully saturated rings. The second kappa shape index (κ2) is 8.54. The molecule has 0 amide bonds. The molecule has 0 aliphatic carbocycles. The van der Waals surface area contributed by atoms with Gasteiger partial charge in [-0.15, -0.1) is 0 Å². The quantitative estimate of drug-likeness (QED) is 0.759. The fourth-order valence-corrected chi connectivity index (χ4v) is 3.12. The third kappa shape index (κ3) is 5.79. The molecule has 0 radical (unpaired) electrons. The fraction of sp³-hybridized carbons (Fsp3) is 0.647. The Hall–Kier alpha value is -0.870. The van der Waals surface area contributed by atoms with Crippen LogP contribution in [0.15, 0.2) is 24.3 Å². The molecule has 2 unspecified atom stereocenters. The van der Waals surface area contributed by atoms with Crippen molar-refractivity contribution in [2.75, 3.05) is 12.8 Å². The lowest BCUT2D eigenvalue weighted by Crippen LogP contribution is -2.35. The first-order valence-electron chi connectivity index (χ1n) is 7.91. The standard InChI is InChI=1S/C17H29NO2S/c1-5-7-8-15-9-11-16(12-10-15)17(18-13-6-2)14(3)21(4,19)20/h9-12,14,17-18H,5-8,13H2,1-4H3. The molecule has 120 valence electrons. The van der Waals surface area contributed by atoms with Gasteiger partial charge in [0.25, 0.3) is 0 Å². The number of benzene rings is 1. The number of sulfone groups is 1. The first-order chi connectivity index (χ1) is 9.90. The van der Waals surface area contributed by atoms with E-state index >= 15 is 0 Å². The lowest BCUT2D eigenvalue weighted by molar-refractivity contribution is 0.500. The minimum absolute atomic E-state index is 0.139. The summed E-state index contributed by atoms with van der Waals surface area (Å²) in [6.07, 6.45) is 5.77. The SMILES string of the molecule is CCCCc1ccc(C(NCCC)C(C)S(C)(=O)=O)cc1. The minimum atomic E-state index is -3.07. The maximum atomic E-state index is 11.9. The molecule has 1 aromatic rings. The number of nitrogens with one attached hydrogen (secondary N) is 1. The highest BCUT2D eigenvalue weighted by Crippen LogP contribution is 2.22. The molecular formula is C17H29NO2S. The molecule has 1 N–H and O–H groups in total. The smallest absolute Gasteiger partial charge is 0.151 e. The monoisotopic (exact) mass is 311 g/mol. The van der Waals surface area contributed by atoms with Crippen molar-refractivity contribution < 1.29 is 8.42 Å². The van der Waals surface area contributed by atoms with Gasteiger partial charge in [-0.1, -0.05) is 44.5 Å². The van der Waals surface area contributed by atoms with Gasteiger partial charge in [-0.2, -0.15) is 0 Å². The van der Waals surface area contributed by atoms with Crippen molar-refractivity contribution in [1.82, 2.24) is 5.32 Å². The van der Waals surface area contributed by atoms with E-state index in [1.54, 1.807) is 6.92 Å². The summed E-state index contributed by atoms with van der Waals surface area (Å²) in [5, 5.41) is 2.95. The third-order valence-corrected chi connectivity index (χ3v) is 5.54. The highest BCUT2D eigenvalue weighted by molar-refractivity contribution is 7.91. The Morgan fingerprint density at radius 3 is 2.19 bits per heavy atom. The van der Waals surface area contributed by atoms with Crippen LogP contribution in [0.1, 0.15) is 57.2 Å². The number of rotatable bonds is 9. The summed E-state index contributed by atoms with van der Waals surface area (Å²) in [5.41, 5.74) is 2.38. The van der Waals surface area contributed by atoms with E-state index in [4.69, 9.17) is 0 Å². The van der Waals surface area contributed by atoms with Crippen molar-refractivity contribution in [3.8, 4) is 0 Å². The molecule has 0 aliphatic heterocycles. The van der Waals surface area contributed by atoms with E-state index in [-0.39, 0.29) is 6.04 Å². The molecule has 4 heteroatoms. The van der Waals surface area contributed by atoms with Gasteiger partial charge in [0.2, 0.25) is 0 Å². The van der Waals surface area contributed by atoms with Gasteiger partial charge < -0.3 is 5.32 Å². The number of hydrogen-bond donors (Lipinski definition) is 1. The van der Waals surface area contributed by atoms with E-state index in [0.29, 0.717) is 0 Å². The number of unbranched alkanes of at least 4 members (excludes halogenated alkanes) is 1. The van der Waals surface area contributed by atoms with Gasteiger partial charge in [0, 0.05) is 12.3 Å². The van der Waals surface area contributed by atoms with Crippen LogP contribution in [-0.2, 0) is 16.3 Å². The molecule has 0 aromatic heterocycles. The first-order valence-corrected chi connectivity index (χ1v) is 9.86. The van der Waals surface area contributed by atoms with Crippen molar-refractivity contribution in [3.63, 3.8) is 0 Å². The zero-order chi connectivity index (χ0) is 15.9. The van der Waals surface area contributed by atoms with Gasteiger partial charge in [-0.05, 0) is 43.9 Å². The van der Waals surface area contributed by atoms with Crippen LogP contribution in [0.4, 0.5) is 0 Å². The van der Waals surface area contributed by atoms with Crippen LogP contribution in [0.3, 0.4) is 0 Å². The zero-order valence-electron chi connectivity index (χ0n) is 13.7. The first kappa shape index (κ1) is 18.2. The molecule has 3 nitrogen and oxygen atoms in total. The Balaban J connectivity index is 2.92. The fourth-order valence-electron chi connectivity index (χ4n) is 2.37. The zero-order valence-corrected chi connectivity index (χ0v) is 14.5. The lowest BCUT2D eigenvalue weighted by atomic mass is 10.0. The Morgan fingerprint density at radius 1 is 1.10 bits per heavy atom. The Bertz CT molecular complexity index is 508. The molecule has 0 saturated heterocycles. The van der Waals surface area contributed by atoms with Crippen LogP contribution in [0.25, 0.3) is 0 Å². The van der Waals surface area contributed by atoms with Gasteiger partial charge in [-0.25, -0.2) is 8.42 Å². The van der Waals surface area contributed by atoms with E-state index in [9.17, 15) is 8.42 Å². The molecule has 2 atom stereocenters. The van der Waals surface area contributed by atoms with E-state index in [0.717, 1.165) is 24.9 Å². The van der Waals surface area contributed by atoms with Crippen LogP contribution in [0, 0.1) is 0 Å². The summed E-state index contributed by atoms with van der Waals surface area (Å²) in [5.74, 6) is 0. The maximum Gasteiger partial charge on any atom is 0.151 e. The van der Waals surface area contributed by atoms with Gasteiger partial charge in [0.05, 0.1) is 5.25 Å². The highest BCUT2D eigenvalue weighted by Gasteiger charge is 2.26. The predicted octanol–water partition coefficient (Wildman–Crippen LogP) is 3.50. The van der Waals surface area contributed by atoms with E-state index in [1.807, 2.05) is 0 Å². The molecule has 1 rings (SSSR count). The summed E-state index contributed by atoms with van der Waals surface area (Å²) < 4.78 is 23.8. The molecular weight excluding hydrogens is 282 g/mol. The topological polar surface area (TPSA) is 46.2 Å².